The third-order valence-electron chi connectivity index (χ3n) is 5.89. The predicted octanol–water partition coefficient (Wildman–Crippen LogP) is 3.01. The number of aromatic nitrogens is 2. The summed E-state index contributed by atoms with van der Waals surface area (Å²) in [6, 6.07) is 12.3. The van der Waals surface area contributed by atoms with E-state index in [1.807, 2.05) is 30.5 Å². The zero-order valence-corrected chi connectivity index (χ0v) is 21.3. The second-order valence-corrected chi connectivity index (χ2v) is 8.13. The van der Waals surface area contributed by atoms with E-state index in [1.165, 1.54) is 5.56 Å². The molecule has 5 rings (SSSR count). The standard InChI is InChI=1S/C24H30N6O2.HI/c1-2-25-24(26-9-8-20-17-30-10-4-3-5-23(30)27-20)29-13-11-28(12-14-29)16-19-6-7-21-22(15-19)32-18-31-21;/h3-7,10,15,17H,2,8-9,11-14,16,18H2,1H3,(H,25,26);1H. The maximum absolute atomic E-state index is 5.51. The Morgan fingerprint density at radius 3 is 2.76 bits per heavy atom. The van der Waals surface area contributed by atoms with Gasteiger partial charge in [0.1, 0.15) is 5.65 Å². The molecule has 3 aromatic rings. The smallest absolute Gasteiger partial charge is 0.231 e. The van der Waals surface area contributed by atoms with Crippen molar-refractivity contribution >= 4 is 35.6 Å². The molecule has 2 aliphatic rings. The third-order valence-corrected chi connectivity index (χ3v) is 5.89. The second-order valence-electron chi connectivity index (χ2n) is 8.13. The average Bonchev–Trinajstić information content (AvgIpc) is 3.45. The SMILES string of the molecule is CCNC(=NCCc1cn2ccccc2n1)N1CCN(Cc2ccc3c(c2)OCO3)CC1.I. The number of rotatable bonds is 6. The molecular formula is C24H31IN6O2. The fourth-order valence-corrected chi connectivity index (χ4v) is 4.23. The van der Waals surface area contributed by atoms with Crippen LogP contribution in [0.25, 0.3) is 5.65 Å². The van der Waals surface area contributed by atoms with Gasteiger partial charge >= 0.3 is 0 Å². The number of piperazine rings is 1. The monoisotopic (exact) mass is 562 g/mol. The summed E-state index contributed by atoms with van der Waals surface area (Å²) >= 11 is 0. The van der Waals surface area contributed by atoms with Crippen LogP contribution >= 0.6 is 24.0 Å². The molecule has 2 aliphatic heterocycles. The topological polar surface area (TPSA) is 66.6 Å². The molecule has 1 saturated heterocycles. The van der Waals surface area contributed by atoms with Crippen molar-refractivity contribution in [1.29, 1.82) is 0 Å². The first-order chi connectivity index (χ1) is 15.8. The molecule has 33 heavy (non-hydrogen) atoms. The molecule has 2 aromatic heterocycles. The fraction of sp³-hybridized carbons (Fsp3) is 0.417. The summed E-state index contributed by atoms with van der Waals surface area (Å²) in [5, 5.41) is 3.46. The van der Waals surface area contributed by atoms with Gasteiger partial charge in [-0.25, -0.2) is 4.98 Å². The van der Waals surface area contributed by atoms with Crippen molar-refractivity contribution < 1.29 is 9.47 Å². The van der Waals surface area contributed by atoms with Crippen molar-refractivity contribution in [3.63, 3.8) is 0 Å². The number of guanidine groups is 1. The maximum Gasteiger partial charge on any atom is 0.231 e. The number of imidazole rings is 1. The molecule has 0 spiro atoms. The lowest BCUT2D eigenvalue weighted by atomic mass is 10.1. The number of halogens is 1. The average molecular weight is 562 g/mol. The lowest BCUT2D eigenvalue weighted by Crippen LogP contribution is -2.52. The van der Waals surface area contributed by atoms with E-state index < -0.39 is 0 Å². The highest BCUT2D eigenvalue weighted by molar-refractivity contribution is 14.0. The van der Waals surface area contributed by atoms with Crippen molar-refractivity contribution in [3.8, 4) is 11.5 Å². The number of nitrogens with one attached hydrogen (secondary N) is 1. The number of nitrogens with zero attached hydrogens (tertiary/aromatic N) is 5. The van der Waals surface area contributed by atoms with Crippen LogP contribution in [0.3, 0.4) is 0 Å². The van der Waals surface area contributed by atoms with E-state index in [9.17, 15) is 0 Å². The van der Waals surface area contributed by atoms with Gasteiger partial charge in [0.25, 0.3) is 0 Å². The molecule has 176 valence electrons. The number of pyridine rings is 1. The van der Waals surface area contributed by atoms with E-state index in [1.54, 1.807) is 0 Å². The van der Waals surface area contributed by atoms with Crippen LogP contribution in [-0.4, -0.2) is 71.2 Å². The molecule has 4 heterocycles. The van der Waals surface area contributed by atoms with Crippen molar-refractivity contribution in [2.24, 2.45) is 4.99 Å². The van der Waals surface area contributed by atoms with Gasteiger partial charge < -0.3 is 24.1 Å². The van der Waals surface area contributed by atoms with Crippen molar-refractivity contribution in [2.45, 2.75) is 19.9 Å². The van der Waals surface area contributed by atoms with Crippen LogP contribution in [0.1, 0.15) is 18.2 Å². The molecule has 8 nitrogen and oxygen atoms in total. The number of hydrogen-bond donors (Lipinski definition) is 1. The van der Waals surface area contributed by atoms with Gasteiger partial charge in [-0.2, -0.15) is 0 Å². The summed E-state index contributed by atoms with van der Waals surface area (Å²) in [5.74, 6) is 2.70. The molecule has 1 fully saturated rings. The Morgan fingerprint density at radius 1 is 1.09 bits per heavy atom. The molecule has 0 amide bonds. The van der Waals surface area contributed by atoms with Crippen LogP contribution in [-0.2, 0) is 13.0 Å². The first-order valence-electron chi connectivity index (χ1n) is 11.4. The molecule has 0 aliphatic carbocycles. The van der Waals surface area contributed by atoms with Crippen LogP contribution in [0.5, 0.6) is 11.5 Å². The van der Waals surface area contributed by atoms with Gasteiger partial charge in [0.15, 0.2) is 17.5 Å². The van der Waals surface area contributed by atoms with Gasteiger partial charge in [-0.15, -0.1) is 24.0 Å². The molecule has 9 heteroatoms. The quantitative estimate of drug-likeness (QED) is 0.283. The van der Waals surface area contributed by atoms with Gasteiger partial charge in [0.2, 0.25) is 6.79 Å². The minimum atomic E-state index is 0. The molecule has 0 saturated carbocycles. The summed E-state index contributed by atoms with van der Waals surface area (Å²) in [7, 11) is 0. The normalized spacial score (nSPS) is 16.2. The summed E-state index contributed by atoms with van der Waals surface area (Å²) in [6.45, 7) is 8.89. The van der Waals surface area contributed by atoms with Crippen LogP contribution in [0.4, 0.5) is 0 Å². The van der Waals surface area contributed by atoms with Gasteiger partial charge in [0, 0.05) is 64.6 Å². The third kappa shape index (κ3) is 5.70. The summed E-state index contributed by atoms with van der Waals surface area (Å²) in [4.78, 5) is 14.4. The van der Waals surface area contributed by atoms with Gasteiger partial charge in [-0.05, 0) is 36.8 Å². The van der Waals surface area contributed by atoms with E-state index >= 15 is 0 Å². The van der Waals surface area contributed by atoms with Crippen LogP contribution in [0, 0.1) is 0 Å². The van der Waals surface area contributed by atoms with Gasteiger partial charge in [0.05, 0.1) is 5.69 Å². The lowest BCUT2D eigenvalue weighted by Gasteiger charge is -2.36. The fourth-order valence-electron chi connectivity index (χ4n) is 4.23. The van der Waals surface area contributed by atoms with Crippen LogP contribution in [0.2, 0.25) is 0 Å². The highest BCUT2D eigenvalue weighted by Crippen LogP contribution is 2.32. The van der Waals surface area contributed by atoms with Crippen molar-refractivity contribution in [1.82, 2.24) is 24.5 Å². The van der Waals surface area contributed by atoms with E-state index in [0.717, 1.165) is 81.0 Å². The Kier molecular flexibility index (Phi) is 7.92. The summed E-state index contributed by atoms with van der Waals surface area (Å²) in [5.41, 5.74) is 3.32. The van der Waals surface area contributed by atoms with Crippen molar-refractivity contribution in [3.05, 3.63) is 60.0 Å². The second kappa shape index (κ2) is 11.1. The highest BCUT2D eigenvalue weighted by atomic mass is 127. The first kappa shape index (κ1) is 23.6. The molecule has 0 atom stereocenters. The minimum Gasteiger partial charge on any atom is -0.454 e. The van der Waals surface area contributed by atoms with E-state index in [2.05, 4.69) is 49.8 Å². The number of ether oxygens (including phenoxy) is 2. The Bertz CT molecular complexity index is 1060. The number of fused-ring (bicyclic) bond motifs is 2. The zero-order valence-electron chi connectivity index (χ0n) is 18.9. The van der Waals surface area contributed by atoms with E-state index in [0.29, 0.717) is 6.79 Å². The van der Waals surface area contributed by atoms with Crippen LogP contribution < -0.4 is 14.8 Å². The Hall–Kier alpha value is -2.53. The molecular weight excluding hydrogens is 531 g/mol. The Morgan fingerprint density at radius 2 is 1.94 bits per heavy atom. The molecule has 0 unspecified atom stereocenters. The number of aliphatic imine (C=N–C) groups is 1. The predicted molar refractivity (Wildman–Crippen MR) is 140 cm³/mol. The molecule has 0 bridgehead atoms. The van der Waals surface area contributed by atoms with Gasteiger partial charge in [-0.3, -0.25) is 9.89 Å². The summed E-state index contributed by atoms with van der Waals surface area (Å²) in [6.07, 6.45) is 4.95. The zero-order chi connectivity index (χ0) is 21.8. The lowest BCUT2D eigenvalue weighted by molar-refractivity contribution is 0.171. The van der Waals surface area contributed by atoms with Crippen LogP contribution in [0.15, 0.2) is 53.8 Å². The first-order valence-corrected chi connectivity index (χ1v) is 11.4. The highest BCUT2D eigenvalue weighted by Gasteiger charge is 2.21. The van der Waals surface area contributed by atoms with E-state index in [-0.39, 0.29) is 24.0 Å². The Balaban J connectivity index is 0.00000259. The summed E-state index contributed by atoms with van der Waals surface area (Å²) < 4.78 is 13.0. The molecule has 1 N–H and O–H groups in total. The molecule has 0 radical (unpaired) electrons. The Labute approximate surface area is 211 Å². The van der Waals surface area contributed by atoms with E-state index in [4.69, 9.17) is 14.5 Å². The van der Waals surface area contributed by atoms with Gasteiger partial charge in [-0.1, -0.05) is 12.1 Å². The minimum absolute atomic E-state index is 0. The van der Waals surface area contributed by atoms with Crippen molar-refractivity contribution in [2.75, 3.05) is 46.1 Å². The maximum atomic E-state index is 5.51. The number of benzene rings is 1. The molecule has 1 aromatic carbocycles. The number of hydrogen-bond acceptors (Lipinski definition) is 5. The largest absolute Gasteiger partial charge is 0.454 e.